The molecular weight excluding hydrogens is 260 g/mol. The summed E-state index contributed by atoms with van der Waals surface area (Å²) in [6, 6.07) is 7.53. The SMILES string of the molecule is Cl.Oc1ccccc1CNCCCN1CCCCC1. The molecule has 4 heteroatoms. The zero-order chi connectivity index (χ0) is 12.6. The molecule has 1 fully saturated rings. The summed E-state index contributed by atoms with van der Waals surface area (Å²) in [5, 5.41) is 13.0. The first-order valence-corrected chi connectivity index (χ1v) is 7.06. The summed E-state index contributed by atoms with van der Waals surface area (Å²) in [5.74, 6) is 0.390. The average Bonchev–Trinajstić information content (AvgIpc) is 2.42. The molecule has 2 N–H and O–H groups in total. The highest BCUT2D eigenvalue weighted by molar-refractivity contribution is 5.85. The summed E-state index contributed by atoms with van der Waals surface area (Å²) in [6.07, 6.45) is 5.33. The number of nitrogens with zero attached hydrogens (tertiary/aromatic N) is 1. The van der Waals surface area contributed by atoms with Gasteiger partial charge in [-0.05, 0) is 51.5 Å². The monoisotopic (exact) mass is 284 g/mol. The van der Waals surface area contributed by atoms with Crippen molar-refractivity contribution in [1.82, 2.24) is 10.2 Å². The number of hydrogen-bond acceptors (Lipinski definition) is 3. The van der Waals surface area contributed by atoms with Gasteiger partial charge in [-0.2, -0.15) is 0 Å². The van der Waals surface area contributed by atoms with Crippen LogP contribution in [0.2, 0.25) is 0 Å². The van der Waals surface area contributed by atoms with Crippen LogP contribution in [0, 0.1) is 0 Å². The van der Waals surface area contributed by atoms with Gasteiger partial charge < -0.3 is 15.3 Å². The molecule has 0 atom stereocenters. The van der Waals surface area contributed by atoms with Crippen LogP contribution in [0.25, 0.3) is 0 Å². The second-order valence-electron chi connectivity index (χ2n) is 5.06. The average molecular weight is 285 g/mol. The standard InChI is InChI=1S/C15H24N2O.ClH/c18-15-8-3-2-7-14(15)13-16-9-6-12-17-10-4-1-5-11-17;/h2-3,7-8,16,18H,1,4-6,9-13H2;1H. The highest BCUT2D eigenvalue weighted by atomic mass is 35.5. The van der Waals surface area contributed by atoms with Crippen molar-refractivity contribution in [2.45, 2.75) is 32.2 Å². The van der Waals surface area contributed by atoms with Crippen molar-refractivity contribution in [3.05, 3.63) is 29.8 Å². The fourth-order valence-corrected chi connectivity index (χ4v) is 2.49. The Labute approximate surface area is 122 Å². The van der Waals surface area contributed by atoms with Crippen LogP contribution in [0.1, 0.15) is 31.2 Å². The highest BCUT2D eigenvalue weighted by Crippen LogP contribution is 2.14. The lowest BCUT2D eigenvalue weighted by Crippen LogP contribution is -2.32. The number of likely N-dealkylation sites (tertiary alicyclic amines) is 1. The van der Waals surface area contributed by atoms with Gasteiger partial charge in [-0.15, -0.1) is 12.4 Å². The fourth-order valence-electron chi connectivity index (χ4n) is 2.49. The molecule has 1 saturated heterocycles. The number of piperidine rings is 1. The van der Waals surface area contributed by atoms with Gasteiger partial charge in [0.2, 0.25) is 0 Å². The predicted molar refractivity (Wildman–Crippen MR) is 82.0 cm³/mol. The molecule has 3 nitrogen and oxygen atoms in total. The number of aromatic hydroxyl groups is 1. The van der Waals surface area contributed by atoms with Gasteiger partial charge >= 0.3 is 0 Å². The number of nitrogens with one attached hydrogen (secondary N) is 1. The Bertz CT molecular complexity index is 354. The number of rotatable bonds is 6. The van der Waals surface area contributed by atoms with Crippen molar-refractivity contribution < 1.29 is 5.11 Å². The van der Waals surface area contributed by atoms with Crippen molar-refractivity contribution in [2.75, 3.05) is 26.2 Å². The number of para-hydroxylation sites is 1. The minimum absolute atomic E-state index is 0. The molecule has 0 unspecified atom stereocenters. The number of phenols is 1. The van der Waals surface area contributed by atoms with E-state index < -0.39 is 0 Å². The predicted octanol–water partition coefficient (Wildman–Crippen LogP) is 2.78. The molecule has 108 valence electrons. The maximum absolute atomic E-state index is 9.62. The van der Waals surface area contributed by atoms with Crippen molar-refractivity contribution in [1.29, 1.82) is 0 Å². The molecule has 0 aliphatic carbocycles. The first-order chi connectivity index (χ1) is 8.86. The molecule has 1 aromatic rings. The minimum atomic E-state index is 0. The third-order valence-corrected chi connectivity index (χ3v) is 3.58. The second kappa shape index (κ2) is 9.18. The summed E-state index contributed by atoms with van der Waals surface area (Å²) >= 11 is 0. The molecular formula is C15H25ClN2O. The Kier molecular flexibility index (Phi) is 7.87. The molecule has 1 aromatic carbocycles. The van der Waals surface area contributed by atoms with Crippen molar-refractivity contribution >= 4 is 12.4 Å². The molecule has 0 radical (unpaired) electrons. The molecule has 0 saturated carbocycles. The number of hydrogen-bond donors (Lipinski definition) is 2. The Morgan fingerprint density at radius 2 is 1.84 bits per heavy atom. The van der Waals surface area contributed by atoms with E-state index in [0.717, 1.165) is 18.7 Å². The van der Waals surface area contributed by atoms with E-state index in [1.807, 2.05) is 18.2 Å². The van der Waals surface area contributed by atoms with E-state index in [4.69, 9.17) is 0 Å². The first kappa shape index (κ1) is 16.3. The van der Waals surface area contributed by atoms with Gasteiger partial charge in [0, 0.05) is 12.1 Å². The van der Waals surface area contributed by atoms with E-state index in [-0.39, 0.29) is 12.4 Å². The van der Waals surface area contributed by atoms with Crippen LogP contribution in [0.5, 0.6) is 5.75 Å². The third kappa shape index (κ3) is 5.81. The molecule has 1 heterocycles. The largest absolute Gasteiger partial charge is 0.508 e. The van der Waals surface area contributed by atoms with Crippen LogP contribution in [0.15, 0.2) is 24.3 Å². The van der Waals surface area contributed by atoms with Gasteiger partial charge in [0.1, 0.15) is 5.75 Å². The normalized spacial score (nSPS) is 16.0. The summed E-state index contributed by atoms with van der Waals surface area (Å²) in [5.41, 5.74) is 0.982. The van der Waals surface area contributed by atoms with E-state index in [1.165, 1.54) is 45.3 Å². The molecule has 0 bridgehead atoms. The Hall–Kier alpha value is -0.770. The third-order valence-electron chi connectivity index (χ3n) is 3.58. The second-order valence-corrected chi connectivity index (χ2v) is 5.06. The molecule has 0 amide bonds. The van der Waals surface area contributed by atoms with E-state index in [0.29, 0.717) is 5.75 Å². The fraction of sp³-hybridized carbons (Fsp3) is 0.600. The lowest BCUT2D eigenvalue weighted by atomic mass is 10.1. The summed E-state index contributed by atoms with van der Waals surface area (Å²) in [7, 11) is 0. The van der Waals surface area contributed by atoms with Crippen LogP contribution in [-0.2, 0) is 6.54 Å². The topological polar surface area (TPSA) is 35.5 Å². The van der Waals surface area contributed by atoms with Crippen LogP contribution < -0.4 is 5.32 Å². The number of benzene rings is 1. The molecule has 0 aromatic heterocycles. The maximum Gasteiger partial charge on any atom is 0.120 e. The first-order valence-electron chi connectivity index (χ1n) is 7.06. The lowest BCUT2D eigenvalue weighted by Gasteiger charge is -2.26. The van der Waals surface area contributed by atoms with Crippen molar-refractivity contribution in [3.8, 4) is 5.75 Å². The van der Waals surface area contributed by atoms with E-state index in [9.17, 15) is 5.11 Å². The van der Waals surface area contributed by atoms with Gasteiger partial charge in [-0.3, -0.25) is 0 Å². The van der Waals surface area contributed by atoms with Gasteiger partial charge in [-0.25, -0.2) is 0 Å². The van der Waals surface area contributed by atoms with E-state index >= 15 is 0 Å². The zero-order valence-electron chi connectivity index (χ0n) is 11.5. The molecule has 1 aliphatic heterocycles. The van der Waals surface area contributed by atoms with Gasteiger partial charge in [0.15, 0.2) is 0 Å². The molecule has 0 spiro atoms. The summed E-state index contributed by atoms with van der Waals surface area (Å²) < 4.78 is 0. The van der Waals surface area contributed by atoms with Gasteiger partial charge in [0.05, 0.1) is 0 Å². The van der Waals surface area contributed by atoms with Crippen LogP contribution in [-0.4, -0.2) is 36.2 Å². The molecule has 1 aliphatic rings. The Morgan fingerprint density at radius 1 is 1.11 bits per heavy atom. The van der Waals surface area contributed by atoms with Crippen LogP contribution in [0.3, 0.4) is 0 Å². The summed E-state index contributed by atoms with van der Waals surface area (Å²) in [4.78, 5) is 2.56. The van der Waals surface area contributed by atoms with Crippen LogP contribution in [0.4, 0.5) is 0 Å². The molecule has 2 rings (SSSR count). The Morgan fingerprint density at radius 3 is 2.58 bits per heavy atom. The smallest absolute Gasteiger partial charge is 0.120 e. The van der Waals surface area contributed by atoms with E-state index in [1.54, 1.807) is 6.07 Å². The highest BCUT2D eigenvalue weighted by Gasteiger charge is 2.08. The van der Waals surface area contributed by atoms with Gasteiger partial charge in [-0.1, -0.05) is 24.6 Å². The lowest BCUT2D eigenvalue weighted by molar-refractivity contribution is 0.225. The van der Waals surface area contributed by atoms with Crippen molar-refractivity contribution in [2.24, 2.45) is 0 Å². The number of phenolic OH excluding ortho intramolecular Hbond substituents is 1. The minimum Gasteiger partial charge on any atom is -0.508 e. The quantitative estimate of drug-likeness (QED) is 0.789. The maximum atomic E-state index is 9.62. The van der Waals surface area contributed by atoms with E-state index in [2.05, 4.69) is 10.2 Å². The zero-order valence-corrected chi connectivity index (χ0v) is 12.3. The summed E-state index contributed by atoms with van der Waals surface area (Å²) in [6.45, 7) is 5.53. The van der Waals surface area contributed by atoms with Crippen molar-refractivity contribution in [3.63, 3.8) is 0 Å². The van der Waals surface area contributed by atoms with Crippen LogP contribution >= 0.6 is 12.4 Å². The molecule has 19 heavy (non-hydrogen) atoms. The Balaban J connectivity index is 0.00000180. The number of halogens is 1. The van der Waals surface area contributed by atoms with Gasteiger partial charge in [0.25, 0.3) is 0 Å².